The van der Waals surface area contributed by atoms with Gasteiger partial charge in [0.25, 0.3) is 0 Å². The largest absolute Gasteiger partial charge is 0.504 e. The van der Waals surface area contributed by atoms with Crippen molar-refractivity contribution in [2.75, 3.05) is 38.8 Å². The highest BCUT2D eigenvalue weighted by Gasteiger charge is 2.16. The van der Waals surface area contributed by atoms with Gasteiger partial charge < -0.3 is 14.6 Å². The molecule has 5 rings (SSSR count). The van der Waals surface area contributed by atoms with Gasteiger partial charge in [-0.15, -0.1) is 11.3 Å². The van der Waals surface area contributed by atoms with Gasteiger partial charge in [-0.1, -0.05) is 24.3 Å². The Hall–Kier alpha value is -3.53. The summed E-state index contributed by atoms with van der Waals surface area (Å²) in [7, 11) is 1.52. The number of phenols is 1. The lowest BCUT2D eigenvalue weighted by Gasteiger charge is -2.26. The first-order valence-electron chi connectivity index (χ1n) is 11.4. The van der Waals surface area contributed by atoms with Crippen molar-refractivity contribution < 1.29 is 14.6 Å². The molecule has 0 aliphatic carbocycles. The summed E-state index contributed by atoms with van der Waals surface area (Å²) in [4.78, 5) is 12.5. The minimum atomic E-state index is 0.0652. The Bertz CT molecular complexity index is 1350. The molecule has 1 saturated heterocycles. The maximum Gasteiger partial charge on any atom is 0.167 e. The molecule has 2 aromatic heterocycles. The Morgan fingerprint density at radius 3 is 2.71 bits per heavy atom. The number of fused-ring (bicyclic) bond motifs is 1. The van der Waals surface area contributed by atoms with Gasteiger partial charge >= 0.3 is 0 Å². The molecule has 8 nitrogen and oxygen atoms in total. The summed E-state index contributed by atoms with van der Waals surface area (Å²) in [6.45, 7) is 6.61. The van der Waals surface area contributed by atoms with Gasteiger partial charge in [0.1, 0.15) is 6.33 Å². The normalized spacial score (nSPS) is 14.6. The molecule has 9 heteroatoms. The van der Waals surface area contributed by atoms with E-state index < -0.39 is 0 Å². The van der Waals surface area contributed by atoms with E-state index in [4.69, 9.17) is 9.47 Å². The maximum atomic E-state index is 9.96. The number of nitrogens with zero attached hydrogens (tertiary/aromatic N) is 4. The van der Waals surface area contributed by atoms with Crippen molar-refractivity contribution in [1.82, 2.24) is 14.9 Å². The van der Waals surface area contributed by atoms with E-state index in [-0.39, 0.29) is 5.75 Å². The number of methoxy groups -OCH3 is 1. The lowest BCUT2D eigenvalue weighted by molar-refractivity contribution is 0.0342. The van der Waals surface area contributed by atoms with Crippen LogP contribution >= 0.6 is 11.3 Å². The van der Waals surface area contributed by atoms with E-state index in [9.17, 15) is 5.11 Å². The monoisotopic (exact) mass is 489 g/mol. The van der Waals surface area contributed by atoms with Crippen molar-refractivity contribution >= 4 is 33.6 Å². The molecule has 2 aromatic carbocycles. The molecule has 0 bridgehead atoms. The maximum absolute atomic E-state index is 9.96. The number of phenolic OH excluding ortho intramolecular Hbond substituents is 1. The Morgan fingerprint density at radius 1 is 1.17 bits per heavy atom. The van der Waals surface area contributed by atoms with Crippen LogP contribution in [-0.4, -0.2) is 59.6 Å². The summed E-state index contributed by atoms with van der Waals surface area (Å²) in [5, 5.41) is 14.3. The standard InChI is InChI=1S/C26H27N5O3S/c1-17-23-25(26(28-16-27-23)30-29-14-19-5-8-22(33-2)21(32)13-19)35-24(17)20-6-3-18(4-7-20)15-31-9-11-34-12-10-31/h3-8,13-14,16,32H,9-12,15H2,1-2H3,(H,27,28,30). The number of hydrogen-bond acceptors (Lipinski definition) is 9. The highest BCUT2D eigenvalue weighted by atomic mass is 32.1. The summed E-state index contributed by atoms with van der Waals surface area (Å²) in [5.41, 5.74) is 8.28. The highest BCUT2D eigenvalue weighted by Crippen LogP contribution is 2.39. The van der Waals surface area contributed by atoms with Crippen LogP contribution in [0, 0.1) is 6.92 Å². The number of thiophene rings is 1. The van der Waals surface area contributed by atoms with Crippen LogP contribution in [0.5, 0.6) is 11.5 Å². The molecule has 2 N–H and O–H groups in total. The van der Waals surface area contributed by atoms with E-state index in [0.717, 1.165) is 54.2 Å². The molecule has 35 heavy (non-hydrogen) atoms. The summed E-state index contributed by atoms with van der Waals surface area (Å²) >= 11 is 1.65. The van der Waals surface area contributed by atoms with E-state index in [0.29, 0.717) is 11.6 Å². The summed E-state index contributed by atoms with van der Waals surface area (Å²) in [6.07, 6.45) is 3.18. The van der Waals surface area contributed by atoms with Crippen LogP contribution in [0.25, 0.3) is 20.7 Å². The van der Waals surface area contributed by atoms with Gasteiger partial charge in [0.15, 0.2) is 17.3 Å². The fourth-order valence-corrected chi connectivity index (χ4v) is 5.32. The van der Waals surface area contributed by atoms with Crippen molar-refractivity contribution in [2.45, 2.75) is 13.5 Å². The Morgan fingerprint density at radius 2 is 1.97 bits per heavy atom. The molecule has 0 amide bonds. The van der Waals surface area contributed by atoms with Gasteiger partial charge in [-0.25, -0.2) is 9.97 Å². The number of rotatable bonds is 7. The van der Waals surface area contributed by atoms with Crippen LogP contribution < -0.4 is 10.2 Å². The fraction of sp³-hybridized carbons (Fsp3) is 0.269. The molecule has 0 spiro atoms. The lowest BCUT2D eigenvalue weighted by atomic mass is 10.1. The average Bonchev–Trinajstić information content (AvgIpc) is 3.22. The third-order valence-electron chi connectivity index (χ3n) is 6.02. The fourth-order valence-electron chi connectivity index (χ4n) is 4.11. The molecule has 0 saturated carbocycles. The van der Waals surface area contributed by atoms with Gasteiger partial charge in [-0.05, 0) is 47.4 Å². The number of aromatic nitrogens is 2. The van der Waals surface area contributed by atoms with Crippen molar-refractivity contribution in [3.8, 4) is 21.9 Å². The summed E-state index contributed by atoms with van der Waals surface area (Å²) in [5.74, 6) is 1.13. The van der Waals surface area contributed by atoms with Crippen molar-refractivity contribution in [3.63, 3.8) is 0 Å². The van der Waals surface area contributed by atoms with Crippen LogP contribution in [0.2, 0.25) is 0 Å². The van der Waals surface area contributed by atoms with Crippen LogP contribution in [0.1, 0.15) is 16.7 Å². The zero-order valence-electron chi connectivity index (χ0n) is 19.7. The lowest BCUT2D eigenvalue weighted by Crippen LogP contribution is -2.35. The van der Waals surface area contributed by atoms with Crippen LogP contribution in [0.3, 0.4) is 0 Å². The molecule has 1 aliphatic heterocycles. The molecule has 0 atom stereocenters. The van der Waals surface area contributed by atoms with Gasteiger partial charge in [0.2, 0.25) is 0 Å². The van der Waals surface area contributed by atoms with Crippen LogP contribution in [-0.2, 0) is 11.3 Å². The number of ether oxygens (including phenoxy) is 2. The average molecular weight is 490 g/mol. The molecule has 0 radical (unpaired) electrons. The van der Waals surface area contributed by atoms with E-state index in [1.807, 2.05) is 6.07 Å². The highest BCUT2D eigenvalue weighted by molar-refractivity contribution is 7.23. The molecule has 3 heterocycles. The third kappa shape index (κ3) is 5.12. The Labute approximate surface area is 207 Å². The minimum absolute atomic E-state index is 0.0652. The molecule has 180 valence electrons. The second-order valence-corrected chi connectivity index (χ2v) is 9.36. The Balaban J connectivity index is 1.35. The third-order valence-corrected chi connectivity index (χ3v) is 7.35. The van der Waals surface area contributed by atoms with E-state index in [1.165, 1.54) is 23.1 Å². The predicted molar refractivity (Wildman–Crippen MR) is 140 cm³/mol. The first kappa shape index (κ1) is 23.2. The predicted octanol–water partition coefficient (Wildman–Crippen LogP) is 4.66. The molecule has 0 unspecified atom stereocenters. The quantitative estimate of drug-likeness (QED) is 0.288. The molecule has 4 aromatic rings. The number of benzene rings is 2. The van der Waals surface area contributed by atoms with Crippen LogP contribution in [0.15, 0.2) is 53.9 Å². The smallest absolute Gasteiger partial charge is 0.167 e. The molecule has 1 aliphatic rings. The SMILES string of the molecule is COc1ccc(C=NNc2ncnc3c(C)c(-c4ccc(CN5CCOCC5)cc4)sc23)cc1O. The van der Waals surface area contributed by atoms with E-state index >= 15 is 0 Å². The Kier molecular flexibility index (Phi) is 6.89. The number of aromatic hydroxyl groups is 1. The van der Waals surface area contributed by atoms with Gasteiger partial charge in [-0.2, -0.15) is 5.10 Å². The first-order chi connectivity index (χ1) is 17.1. The van der Waals surface area contributed by atoms with Crippen molar-refractivity contribution in [1.29, 1.82) is 0 Å². The van der Waals surface area contributed by atoms with Gasteiger partial charge in [0, 0.05) is 24.5 Å². The van der Waals surface area contributed by atoms with Crippen LogP contribution in [0.4, 0.5) is 5.82 Å². The minimum Gasteiger partial charge on any atom is -0.504 e. The zero-order valence-corrected chi connectivity index (χ0v) is 20.5. The van der Waals surface area contributed by atoms with Gasteiger partial charge in [0.05, 0.1) is 36.8 Å². The number of anilines is 1. The number of nitrogens with one attached hydrogen (secondary N) is 1. The molecular formula is C26H27N5O3S. The zero-order chi connectivity index (χ0) is 24.2. The molecular weight excluding hydrogens is 462 g/mol. The molecule has 1 fully saturated rings. The summed E-state index contributed by atoms with van der Waals surface area (Å²) in [6, 6.07) is 13.9. The second-order valence-electron chi connectivity index (χ2n) is 8.34. The van der Waals surface area contributed by atoms with Crippen molar-refractivity contribution in [3.05, 3.63) is 65.5 Å². The number of hydrazone groups is 1. The second kappa shape index (κ2) is 10.4. The number of aryl methyl sites for hydroxylation is 1. The first-order valence-corrected chi connectivity index (χ1v) is 12.2. The summed E-state index contributed by atoms with van der Waals surface area (Å²) < 4.78 is 11.5. The topological polar surface area (TPSA) is 92.1 Å². The van der Waals surface area contributed by atoms with E-state index in [2.05, 4.69) is 56.6 Å². The number of hydrogen-bond donors (Lipinski definition) is 2. The van der Waals surface area contributed by atoms with Crippen molar-refractivity contribution in [2.24, 2.45) is 5.10 Å². The van der Waals surface area contributed by atoms with Gasteiger partial charge in [-0.3, -0.25) is 10.3 Å². The number of morpholine rings is 1. The van der Waals surface area contributed by atoms with E-state index in [1.54, 1.807) is 36.0 Å².